The van der Waals surface area contributed by atoms with Gasteiger partial charge in [-0.3, -0.25) is 0 Å². The maximum Gasteiger partial charge on any atom is 0.0399 e. The average Bonchev–Trinajstić information content (AvgIpc) is 2.60. The van der Waals surface area contributed by atoms with E-state index in [-0.39, 0.29) is 5.54 Å². The number of rotatable bonds is 4. The van der Waals surface area contributed by atoms with Crippen LogP contribution in [0.3, 0.4) is 0 Å². The average molecular weight is 218 g/mol. The lowest BCUT2D eigenvalue weighted by Gasteiger charge is -2.23. The van der Waals surface area contributed by atoms with Gasteiger partial charge >= 0.3 is 0 Å². The number of hydrogen-bond acceptors (Lipinski definition) is 2. The molecule has 1 aromatic rings. The molecule has 1 aliphatic rings. The molecule has 0 aliphatic carbocycles. The fraction of sp³-hybridized carbons (Fsp3) is 0.571. The second-order valence-electron chi connectivity index (χ2n) is 5.46. The molecule has 0 spiro atoms. The van der Waals surface area contributed by atoms with Gasteiger partial charge in [-0.1, -0.05) is 18.2 Å². The van der Waals surface area contributed by atoms with Crippen LogP contribution < -0.4 is 10.6 Å². The Hall–Kier alpha value is -1.02. The summed E-state index contributed by atoms with van der Waals surface area (Å²) in [6, 6.07) is 8.73. The molecular formula is C14H22N2. The van der Waals surface area contributed by atoms with Gasteiger partial charge < -0.3 is 10.6 Å². The number of nitrogens with two attached hydrogens (primary N) is 1. The molecule has 88 valence electrons. The molecule has 2 heteroatoms. The molecule has 0 aromatic heterocycles. The van der Waals surface area contributed by atoms with Gasteiger partial charge in [0.2, 0.25) is 0 Å². The third kappa shape index (κ3) is 2.76. The number of fused-ring (bicyclic) bond motifs is 1. The van der Waals surface area contributed by atoms with Crippen LogP contribution in [0.5, 0.6) is 0 Å². The predicted molar refractivity (Wildman–Crippen MR) is 69.9 cm³/mol. The van der Waals surface area contributed by atoms with Crippen LogP contribution in [-0.2, 0) is 6.42 Å². The minimum absolute atomic E-state index is 0.0285. The summed E-state index contributed by atoms with van der Waals surface area (Å²) in [4.78, 5) is 2.49. The van der Waals surface area contributed by atoms with Crippen LogP contribution >= 0.6 is 0 Å². The van der Waals surface area contributed by atoms with Crippen molar-refractivity contribution < 1.29 is 0 Å². The highest BCUT2D eigenvalue weighted by molar-refractivity contribution is 5.57. The van der Waals surface area contributed by atoms with Crippen LogP contribution in [0.1, 0.15) is 32.3 Å². The number of benzene rings is 1. The summed E-state index contributed by atoms with van der Waals surface area (Å²) in [6.45, 7) is 6.51. The normalized spacial score (nSPS) is 15.3. The highest BCUT2D eigenvalue weighted by Gasteiger charge is 2.18. The molecule has 0 amide bonds. The Morgan fingerprint density at radius 1 is 1.31 bits per heavy atom. The Balaban J connectivity index is 1.89. The van der Waals surface area contributed by atoms with Crippen LogP contribution in [0.15, 0.2) is 24.3 Å². The smallest absolute Gasteiger partial charge is 0.0399 e. The summed E-state index contributed by atoms with van der Waals surface area (Å²) in [5.74, 6) is 0. The largest absolute Gasteiger partial charge is 0.371 e. The highest BCUT2D eigenvalue weighted by Crippen LogP contribution is 2.27. The predicted octanol–water partition coefficient (Wildman–Crippen LogP) is 2.57. The van der Waals surface area contributed by atoms with E-state index in [1.54, 1.807) is 0 Å². The Morgan fingerprint density at radius 2 is 2.06 bits per heavy atom. The van der Waals surface area contributed by atoms with Gasteiger partial charge in [-0.25, -0.2) is 0 Å². The van der Waals surface area contributed by atoms with Crippen molar-refractivity contribution in [1.29, 1.82) is 0 Å². The molecule has 2 rings (SSSR count). The van der Waals surface area contributed by atoms with E-state index in [4.69, 9.17) is 5.73 Å². The van der Waals surface area contributed by atoms with Crippen molar-refractivity contribution in [2.24, 2.45) is 5.73 Å². The van der Waals surface area contributed by atoms with Gasteiger partial charge in [0.15, 0.2) is 0 Å². The Kier molecular flexibility index (Phi) is 3.20. The van der Waals surface area contributed by atoms with E-state index in [0.717, 1.165) is 13.0 Å². The zero-order chi connectivity index (χ0) is 11.6. The van der Waals surface area contributed by atoms with E-state index in [0.29, 0.717) is 0 Å². The van der Waals surface area contributed by atoms with Crippen molar-refractivity contribution in [2.45, 2.75) is 38.6 Å². The maximum atomic E-state index is 6.00. The minimum atomic E-state index is -0.0285. The van der Waals surface area contributed by atoms with E-state index in [1.807, 2.05) is 0 Å². The summed E-state index contributed by atoms with van der Waals surface area (Å²) >= 11 is 0. The Morgan fingerprint density at radius 3 is 2.81 bits per heavy atom. The molecule has 16 heavy (non-hydrogen) atoms. The molecular weight excluding hydrogens is 196 g/mol. The van der Waals surface area contributed by atoms with E-state index >= 15 is 0 Å². The number of hydrogen-bond donors (Lipinski definition) is 1. The standard InChI is InChI=1S/C14H22N2/c1-14(2,15)9-5-10-16-11-8-12-6-3-4-7-13(12)16/h3-4,6-7H,5,8-11,15H2,1-2H3. The van der Waals surface area contributed by atoms with Crippen molar-refractivity contribution in [2.75, 3.05) is 18.0 Å². The van der Waals surface area contributed by atoms with Gasteiger partial charge in [0, 0.05) is 24.3 Å². The lowest BCUT2D eigenvalue weighted by Crippen LogP contribution is -2.33. The topological polar surface area (TPSA) is 29.3 Å². The SMILES string of the molecule is CC(C)(N)CCCN1CCc2ccccc21. The first kappa shape index (κ1) is 11.5. The lowest BCUT2D eigenvalue weighted by molar-refractivity contribution is 0.459. The van der Waals surface area contributed by atoms with Crippen LogP contribution in [0.2, 0.25) is 0 Å². The Bertz CT molecular complexity index is 352. The third-order valence-electron chi connectivity index (χ3n) is 3.23. The third-order valence-corrected chi connectivity index (χ3v) is 3.23. The van der Waals surface area contributed by atoms with Crippen molar-refractivity contribution in [3.05, 3.63) is 29.8 Å². The van der Waals surface area contributed by atoms with Gasteiger partial charge in [0.1, 0.15) is 0 Å². The first-order valence-electron chi connectivity index (χ1n) is 6.18. The number of anilines is 1. The fourth-order valence-corrected chi connectivity index (χ4v) is 2.36. The fourth-order valence-electron chi connectivity index (χ4n) is 2.36. The molecule has 0 radical (unpaired) electrons. The first-order valence-corrected chi connectivity index (χ1v) is 6.18. The molecule has 0 fully saturated rings. The van der Waals surface area contributed by atoms with Gasteiger partial charge in [-0.15, -0.1) is 0 Å². The molecule has 0 unspecified atom stereocenters. The summed E-state index contributed by atoms with van der Waals surface area (Å²) in [5, 5.41) is 0. The molecule has 0 atom stereocenters. The van der Waals surface area contributed by atoms with E-state index in [9.17, 15) is 0 Å². The zero-order valence-corrected chi connectivity index (χ0v) is 10.4. The van der Waals surface area contributed by atoms with Crippen molar-refractivity contribution >= 4 is 5.69 Å². The van der Waals surface area contributed by atoms with Gasteiger partial charge in [-0.05, 0) is 44.7 Å². The van der Waals surface area contributed by atoms with E-state index in [2.05, 4.69) is 43.0 Å². The second kappa shape index (κ2) is 4.46. The summed E-state index contributed by atoms with van der Waals surface area (Å²) in [7, 11) is 0. The van der Waals surface area contributed by atoms with Gasteiger partial charge in [0.05, 0.1) is 0 Å². The van der Waals surface area contributed by atoms with Gasteiger partial charge in [0.25, 0.3) is 0 Å². The molecule has 2 N–H and O–H groups in total. The number of para-hydroxylation sites is 1. The molecule has 0 bridgehead atoms. The van der Waals surface area contributed by atoms with Crippen molar-refractivity contribution in [3.63, 3.8) is 0 Å². The van der Waals surface area contributed by atoms with E-state index < -0.39 is 0 Å². The summed E-state index contributed by atoms with van der Waals surface area (Å²) in [5.41, 5.74) is 8.89. The minimum Gasteiger partial charge on any atom is -0.371 e. The molecule has 1 aliphatic heterocycles. The first-order chi connectivity index (χ1) is 7.56. The summed E-state index contributed by atoms with van der Waals surface area (Å²) < 4.78 is 0. The van der Waals surface area contributed by atoms with Crippen molar-refractivity contribution in [3.8, 4) is 0 Å². The molecule has 1 heterocycles. The lowest BCUT2D eigenvalue weighted by atomic mass is 10.00. The van der Waals surface area contributed by atoms with Crippen LogP contribution in [0.25, 0.3) is 0 Å². The molecule has 0 saturated carbocycles. The van der Waals surface area contributed by atoms with E-state index in [1.165, 1.54) is 30.6 Å². The Labute approximate surface area is 98.4 Å². The number of nitrogens with zero attached hydrogens (tertiary/aromatic N) is 1. The molecule has 0 saturated heterocycles. The molecule has 2 nitrogen and oxygen atoms in total. The van der Waals surface area contributed by atoms with Gasteiger partial charge in [-0.2, -0.15) is 0 Å². The summed E-state index contributed by atoms with van der Waals surface area (Å²) in [6.07, 6.45) is 3.46. The maximum absolute atomic E-state index is 6.00. The quantitative estimate of drug-likeness (QED) is 0.841. The monoisotopic (exact) mass is 218 g/mol. The van der Waals surface area contributed by atoms with Crippen LogP contribution in [0.4, 0.5) is 5.69 Å². The van der Waals surface area contributed by atoms with Crippen LogP contribution in [0, 0.1) is 0 Å². The van der Waals surface area contributed by atoms with Crippen LogP contribution in [-0.4, -0.2) is 18.6 Å². The highest BCUT2D eigenvalue weighted by atomic mass is 15.1. The van der Waals surface area contributed by atoms with Crippen molar-refractivity contribution in [1.82, 2.24) is 0 Å². The molecule has 1 aromatic carbocycles. The second-order valence-corrected chi connectivity index (χ2v) is 5.46. The zero-order valence-electron chi connectivity index (χ0n) is 10.4.